The molecule has 0 aromatic carbocycles. The first-order valence-corrected chi connectivity index (χ1v) is 13.1. The van der Waals surface area contributed by atoms with Crippen molar-refractivity contribution < 1.29 is 32.3 Å². The van der Waals surface area contributed by atoms with Crippen LogP contribution < -0.4 is 20.5 Å². The summed E-state index contributed by atoms with van der Waals surface area (Å²) in [6, 6.07) is -0.864. The molecule has 4 atom stereocenters. The van der Waals surface area contributed by atoms with E-state index in [-0.39, 0.29) is 18.9 Å². The Morgan fingerprint density at radius 1 is 1.24 bits per heavy atom. The molecule has 1 saturated carbocycles. The number of ether oxygens (including phenoxy) is 1. The Morgan fingerprint density at radius 2 is 2.00 bits per heavy atom. The molecular formula is C21H33N5O7S. The fourth-order valence-corrected chi connectivity index (χ4v) is 5.49. The summed E-state index contributed by atoms with van der Waals surface area (Å²) in [4.78, 5) is 52.1. The number of nitrogens with zero attached hydrogens (tertiary/aromatic N) is 1. The summed E-state index contributed by atoms with van der Waals surface area (Å²) in [5.41, 5.74) is 3.74. The van der Waals surface area contributed by atoms with Crippen LogP contribution in [0.25, 0.3) is 0 Å². The third kappa shape index (κ3) is 6.06. The number of allylic oxidation sites excluding steroid dienone is 1. The number of nitrogens with two attached hydrogens (primary N) is 1. The second-order valence-electron chi connectivity index (χ2n) is 8.89. The monoisotopic (exact) mass is 499 g/mol. The Balaban J connectivity index is 1.85. The van der Waals surface area contributed by atoms with E-state index in [4.69, 9.17) is 10.5 Å². The highest BCUT2D eigenvalue weighted by atomic mass is 32.2. The number of amides is 4. The SMILES string of the molecule is CCNS(=O)(=O)NC(=O)C12CC1/C=C\CCCCCC(OC(N)=O)C(=O)N1CCCC1C(=O)N2. The standard InChI is InChI=1S/C21H33N5O7S/c1-2-23-34(31,32)25-19(29)21-13-14(21)9-6-4-3-5-7-11-16(33-20(22)30)18(28)26-12-8-10-15(26)17(27)24-21/h6,9,14-16,23H,2-5,7-8,10-13H2,1H3,(H2,22,30)(H,24,27)(H,25,29)/b9-6-. The van der Waals surface area contributed by atoms with E-state index in [0.717, 1.165) is 12.8 Å². The van der Waals surface area contributed by atoms with Crippen molar-refractivity contribution in [3.8, 4) is 0 Å². The number of hydrogen-bond donors (Lipinski definition) is 4. The molecule has 12 nitrogen and oxygen atoms in total. The lowest BCUT2D eigenvalue weighted by Crippen LogP contribution is -2.58. The molecule has 0 spiro atoms. The normalized spacial score (nSPS) is 31.2. The lowest BCUT2D eigenvalue weighted by atomic mass is 10.1. The summed E-state index contributed by atoms with van der Waals surface area (Å²) in [6.45, 7) is 1.98. The second-order valence-corrected chi connectivity index (χ2v) is 10.4. The van der Waals surface area contributed by atoms with Crippen LogP contribution in [0.1, 0.15) is 58.3 Å². The summed E-state index contributed by atoms with van der Waals surface area (Å²) in [6.07, 6.45) is 6.03. The maximum absolute atomic E-state index is 13.2. The zero-order valence-electron chi connectivity index (χ0n) is 19.2. The van der Waals surface area contributed by atoms with Crippen molar-refractivity contribution in [2.24, 2.45) is 11.7 Å². The van der Waals surface area contributed by atoms with Crippen molar-refractivity contribution in [1.82, 2.24) is 19.7 Å². The Hall–Kier alpha value is -2.67. The molecule has 0 aromatic heterocycles. The first kappa shape index (κ1) is 25.9. The van der Waals surface area contributed by atoms with Gasteiger partial charge in [-0.05, 0) is 44.9 Å². The van der Waals surface area contributed by atoms with Crippen molar-refractivity contribution >= 4 is 34.0 Å². The van der Waals surface area contributed by atoms with Gasteiger partial charge in [-0.1, -0.05) is 25.5 Å². The van der Waals surface area contributed by atoms with E-state index in [9.17, 15) is 27.6 Å². The van der Waals surface area contributed by atoms with Gasteiger partial charge in [0.15, 0.2) is 6.10 Å². The quantitative estimate of drug-likeness (QED) is 0.379. The van der Waals surface area contributed by atoms with Crippen molar-refractivity contribution in [2.45, 2.75) is 76.0 Å². The van der Waals surface area contributed by atoms with Gasteiger partial charge in [0.2, 0.25) is 5.91 Å². The maximum Gasteiger partial charge on any atom is 0.405 e. The molecule has 0 radical (unpaired) electrons. The van der Waals surface area contributed by atoms with E-state index in [1.807, 2.05) is 16.9 Å². The number of carbonyl (C=O) groups is 4. The molecule has 3 rings (SSSR count). The number of rotatable bonds is 5. The molecule has 34 heavy (non-hydrogen) atoms. The number of hydrogen-bond acceptors (Lipinski definition) is 7. The van der Waals surface area contributed by atoms with Gasteiger partial charge < -0.3 is 20.7 Å². The Morgan fingerprint density at radius 3 is 2.71 bits per heavy atom. The largest absolute Gasteiger partial charge is 0.436 e. The topological polar surface area (TPSA) is 177 Å². The van der Waals surface area contributed by atoms with Crippen LogP contribution in [0.15, 0.2) is 12.2 Å². The average Bonchev–Trinajstić information content (AvgIpc) is 3.22. The fourth-order valence-electron chi connectivity index (χ4n) is 4.61. The highest BCUT2D eigenvalue weighted by molar-refractivity contribution is 7.88. The Labute approximate surface area is 199 Å². The van der Waals surface area contributed by atoms with Crippen molar-refractivity contribution in [3.63, 3.8) is 0 Å². The van der Waals surface area contributed by atoms with Gasteiger partial charge in [-0.25, -0.2) is 9.52 Å². The predicted molar refractivity (Wildman–Crippen MR) is 121 cm³/mol. The summed E-state index contributed by atoms with van der Waals surface area (Å²) >= 11 is 0. The highest BCUT2D eigenvalue weighted by Crippen LogP contribution is 2.45. The van der Waals surface area contributed by atoms with Gasteiger partial charge in [0.05, 0.1) is 0 Å². The predicted octanol–water partition coefficient (Wildman–Crippen LogP) is -0.193. The van der Waals surface area contributed by atoms with Crippen LogP contribution in [0.2, 0.25) is 0 Å². The minimum atomic E-state index is -4.07. The number of carbonyl (C=O) groups excluding carboxylic acids is 4. The van der Waals surface area contributed by atoms with E-state index in [1.54, 1.807) is 6.92 Å². The first-order valence-electron chi connectivity index (χ1n) is 11.7. The third-order valence-corrected chi connectivity index (χ3v) is 7.53. The number of nitrogens with one attached hydrogen (secondary N) is 3. The molecule has 1 aliphatic carbocycles. The lowest BCUT2D eigenvalue weighted by Gasteiger charge is -2.29. The number of fused-ring (bicyclic) bond motifs is 2. The molecule has 4 amide bonds. The molecule has 190 valence electrons. The van der Waals surface area contributed by atoms with Crippen molar-refractivity contribution in [1.29, 1.82) is 0 Å². The molecule has 1 saturated heterocycles. The van der Waals surface area contributed by atoms with Gasteiger partial charge in [0, 0.05) is 19.0 Å². The second kappa shape index (κ2) is 10.7. The Bertz CT molecular complexity index is 953. The molecule has 0 bridgehead atoms. The highest BCUT2D eigenvalue weighted by Gasteiger charge is 2.61. The fraction of sp³-hybridized carbons (Fsp3) is 0.714. The van der Waals surface area contributed by atoms with E-state index >= 15 is 0 Å². The molecule has 3 aliphatic rings. The van der Waals surface area contributed by atoms with Gasteiger partial charge >= 0.3 is 16.3 Å². The number of primary amides is 1. The summed E-state index contributed by atoms with van der Waals surface area (Å²) in [5, 5.41) is 2.73. The lowest BCUT2D eigenvalue weighted by molar-refractivity contribution is -0.146. The third-order valence-electron chi connectivity index (χ3n) is 6.41. The van der Waals surface area contributed by atoms with Crippen LogP contribution in [-0.2, 0) is 29.3 Å². The molecular weight excluding hydrogens is 466 g/mol. The minimum Gasteiger partial charge on any atom is -0.436 e. The molecule has 0 aromatic rings. The van der Waals surface area contributed by atoms with Crippen LogP contribution in [-0.4, -0.2) is 67.9 Å². The van der Waals surface area contributed by atoms with Crippen molar-refractivity contribution in [2.75, 3.05) is 13.1 Å². The van der Waals surface area contributed by atoms with E-state index in [2.05, 4.69) is 10.0 Å². The Kier molecular flexibility index (Phi) is 8.18. The average molecular weight is 500 g/mol. The molecule has 2 aliphatic heterocycles. The summed E-state index contributed by atoms with van der Waals surface area (Å²) in [5.74, 6) is -2.24. The van der Waals surface area contributed by atoms with Crippen LogP contribution in [0.4, 0.5) is 4.79 Å². The minimum absolute atomic E-state index is 0.0962. The van der Waals surface area contributed by atoms with Gasteiger partial charge in [0.25, 0.3) is 11.8 Å². The van der Waals surface area contributed by atoms with Crippen LogP contribution in [0.3, 0.4) is 0 Å². The van der Waals surface area contributed by atoms with Gasteiger partial charge in [-0.2, -0.15) is 13.1 Å². The summed E-state index contributed by atoms with van der Waals surface area (Å²) in [7, 11) is -4.07. The zero-order valence-corrected chi connectivity index (χ0v) is 20.1. The van der Waals surface area contributed by atoms with E-state index in [0.29, 0.717) is 38.6 Å². The smallest absolute Gasteiger partial charge is 0.405 e. The van der Waals surface area contributed by atoms with E-state index in [1.165, 1.54) is 4.90 Å². The summed E-state index contributed by atoms with van der Waals surface area (Å²) < 4.78 is 33.4. The maximum atomic E-state index is 13.2. The van der Waals surface area contributed by atoms with Crippen molar-refractivity contribution in [3.05, 3.63) is 12.2 Å². The van der Waals surface area contributed by atoms with Crippen LogP contribution >= 0.6 is 0 Å². The first-order chi connectivity index (χ1) is 16.1. The van der Waals surface area contributed by atoms with Crippen LogP contribution in [0, 0.1) is 5.92 Å². The van der Waals surface area contributed by atoms with Crippen LogP contribution in [0.5, 0.6) is 0 Å². The van der Waals surface area contributed by atoms with Gasteiger partial charge in [-0.3, -0.25) is 14.4 Å². The molecule has 2 fully saturated rings. The molecule has 13 heteroatoms. The molecule has 2 heterocycles. The van der Waals surface area contributed by atoms with E-state index < -0.39 is 51.7 Å². The van der Waals surface area contributed by atoms with Gasteiger partial charge in [-0.15, -0.1) is 0 Å². The van der Waals surface area contributed by atoms with Gasteiger partial charge in [0.1, 0.15) is 11.6 Å². The molecule has 4 unspecified atom stereocenters. The molecule has 5 N–H and O–H groups in total. The zero-order chi connectivity index (χ0) is 24.9.